The molecule has 2 N–H and O–H groups in total. The van der Waals surface area contributed by atoms with Crippen LogP contribution in [0.2, 0.25) is 0 Å². The third-order valence-electron chi connectivity index (χ3n) is 4.36. The number of amides is 2. The van der Waals surface area contributed by atoms with Gasteiger partial charge in [-0.2, -0.15) is 0 Å². The lowest BCUT2D eigenvalue weighted by molar-refractivity contribution is 0.0995. The Bertz CT molecular complexity index is 1230. The van der Waals surface area contributed by atoms with Crippen molar-refractivity contribution in [1.29, 1.82) is 0 Å². The van der Waals surface area contributed by atoms with Gasteiger partial charge in [-0.05, 0) is 61.5 Å². The molecule has 0 fully saturated rings. The fraction of sp³-hybridized carbons (Fsp3) is 0.0435. The fourth-order valence-electron chi connectivity index (χ4n) is 2.98. The minimum Gasteiger partial charge on any atom is -0.451 e. The highest BCUT2D eigenvalue weighted by Crippen LogP contribution is 2.22. The van der Waals surface area contributed by atoms with Crippen LogP contribution in [0, 0.1) is 12.7 Å². The molecule has 6 heteroatoms. The summed E-state index contributed by atoms with van der Waals surface area (Å²) >= 11 is 0. The van der Waals surface area contributed by atoms with E-state index in [4.69, 9.17) is 4.42 Å². The van der Waals surface area contributed by atoms with Crippen molar-refractivity contribution >= 4 is 34.2 Å². The molecule has 0 aliphatic heterocycles. The zero-order valence-electron chi connectivity index (χ0n) is 15.5. The summed E-state index contributed by atoms with van der Waals surface area (Å²) in [6.07, 6.45) is 0. The lowest BCUT2D eigenvalue weighted by atomic mass is 10.1. The number of fused-ring (bicyclic) bond motifs is 1. The predicted molar refractivity (Wildman–Crippen MR) is 110 cm³/mol. The Morgan fingerprint density at radius 3 is 2.34 bits per heavy atom. The van der Waals surface area contributed by atoms with Crippen molar-refractivity contribution in [1.82, 2.24) is 0 Å². The zero-order chi connectivity index (χ0) is 20.4. The van der Waals surface area contributed by atoms with E-state index in [1.54, 1.807) is 36.4 Å². The van der Waals surface area contributed by atoms with E-state index >= 15 is 0 Å². The van der Waals surface area contributed by atoms with Gasteiger partial charge in [0.1, 0.15) is 11.4 Å². The van der Waals surface area contributed by atoms with Crippen LogP contribution in [0.1, 0.15) is 26.5 Å². The summed E-state index contributed by atoms with van der Waals surface area (Å²) in [5.74, 6) is -1.09. The van der Waals surface area contributed by atoms with Crippen molar-refractivity contribution in [2.75, 3.05) is 10.6 Å². The predicted octanol–water partition coefficient (Wildman–Crippen LogP) is 5.38. The Labute approximate surface area is 166 Å². The molecule has 4 aromatic rings. The summed E-state index contributed by atoms with van der Waals surface area (Å²) < 4.78 is 18.9. The van der Waals surface area contributed by atoms with Crippen molar-refractivity contribution in [2.24, 2.45) is 0 Å². The molecule has 4 rings (SSSR count). The Morgan fingerprint density at radius 1 is 0.828 bits per heavy atom. The first-order valence-corrected chi connectivity index (χ1v) is 8.96. The first kappa shape index (κ1) is 18.4. The third-order valence-corrected chi connectivity index (χ3v) is 4.36. The minimum absolute atomic E-state index is 0.181. The molecular formula is C23H17FN2O3. The molecule has 0 radical (unpaired) electrons. The molecular weight excluding hydrogens is 371 g/mol. The molecule has 5 nitrogen and oxygen atoms in total. The number of hydrogen-bond acceptors (Lipinski definition) is 3. The van der Waals surface area contributed by atoms with E-state index in [1.807, 2.05) is 25.1 Å². The van der Waals surface area contributed by atoms with E-state index in [9.17, 15) is 14.0 Å². The summed E-state index contributed by atoms with van der Waals surface area (Å²) in [4.78, 5) is 24.9. The number of aryl methyl sites for hydroxylation is 1. The number of rotatable bonds is 4. The van der Waals surface area contributed by atoms with Crippen molar-refractivity contribution in [3.8, 4) is 0 Å². The number of anilines is 2. The first-order chi connectivity index (χ1) is 14.0. The van der Waals surface area contributed by atoms with Crippen LogP contribution in [0.4, 0.5) is 15.8 Å². The average Bonchev–Trinajstić information content (AvgIpc) is 3.11. The quantitative estimate of drug-likeness (QED) is 0.493. The van der Waals surface area contributed by atoms with Gasteiger partial charge in [-0.3, -0.25) is 9.59 Å². The number of halogens is 1. The largest absolute Gasteiger partial charge is 0.451 e. The normalized spacial score (nSPS) is 10.7. The molecule has 1 aromatic heterocycles. The summed E-state index contributed by atoms with van der Waals surface area (Å²) in [7, 11) is 0. The molecule has 0 spiro atoms. The molecule has 0 bridgehead atoms. The minimum atomic E-state index is -0.440. The summed E-state index contributed by atoms with van der Waals surface area (Å²) in [6.45, 7) is 1.96. The SMILES string of the molecule is Cc1ccc2oc(C(=O)Nc3cccc(C(=O)Nc4cccc(F)c4)c3)cc2c1. The number of carbonyl (C=O) groups excluding carboxylic acids is 2. The molecule has 1 heterocycles. The van der Waals surface area contributed by atoms with Gasteiger partial charge in [0.05, 0.1) is 0 Å². The topological polar surface area (TPSA) is 71.3 Å². The highest BCUT2D eigenvalue weighted by atomic mass is 19.1. The van der Waals surface area contributed by atoms with E-state index in [0.29, 0.717) is 22.5 Å². The van der Waals surface area contributed by atoms with Gasteiger partial charge in [-0.15, -0.1) is 0 Å². The molecule has 0 aliphatic rings. The second-order valence-corrected chi connectivity index (χ2v) is 6.65. The van der Waals surface area contributed by atoms with Crippen LogP contribution in [-0.4, -0.2) is 11.8 Å². The lowest BCUT2D eigenvalue weighted by Crippen LogP contribution is -2.14. The van der Waals surface area contributed by atoms with E-state index in [-0.39, 0.29) is 5.76 Å². The van der Waals surface area contributed by atoms with Crippen LogP contribution < -0.4 is 10.6 Å². The third kappa shape index (κ3) is 4.16. The standard InChI is InChI=1S/C23H17FN2O3/c1-14-8-9-20-16(10-14)12-21(29-20)23(28)26-18-6-2-4-15(11-18)22(27)25-19-7-3-5-17(24)13-19/h2-13H,1H3,(H,25,27)(H,26,28). The molecule has 29 heavy (non-hydrogen) atoms. The van der Waals surface area contributed by atoms with Gasteiger partial charge < -0.3 is 15.1 Å². The van der Waals surface area contributed by atoms with Crippen LogP contribution in [0.25, 0.3) is 11.0 Å². The monoisotopic (exact) mass is 388 g/mol. The molecule has 0 aliphatic carbocycles. The second-order valence-electron chi connectivity index (χ2n) is 6.65. The number of nitrogens with one attached hydrogen (secondary N) is 2. The Balaban J connectivity index is 1.50. The Hall–Kier alpha value is -3.93. The van der Waals surface area contributed by atoms with Gasteiger partial charge in [0.15, 0.2) is 5.76 Å². The van der Waals surface area contributed by atoms with Gasteiger partial charge in [-0.1, -0.05) is 23.8 Å². The highest BCUT2D eigenvalue weighted by Gasteiger charge is 2.14. The molecule has 144 valence electrons. The molecule has 0 saturated carbocycles. The maximum absolute atomic E-state index is 13.3. The summed E-state index contributed by atoms with van der Waals surface area (Å²) in [5, 5.41) is 6.20. The van der Waals surface area contributed by atoms with Gasteiger partial charge in [-0.25, -0.2) is 4.39 Å². The van der Waals surface area contributed by atoms with E-state index in [0.717, 1.165) is 10.9 Å². The molecule has 0 saturated heterocycles. The van der Waals surface area contributed by atoms with E-state index < -0.39 is 17.6 Å². The summed E-state index contributed by atoms with van der Waals surface area (Å²) in [6, 6.07) is 19.4. The maximum Gasteiger partial charge on any atom is 0.291 e. The van der Waals surface area contributed by atoms with Crippen LogP contribution >= 0.6 is 0 Å². The van der Waals surface area contributed by atoms with Crippen molar-refractivity contribution in [3.63, 3.8) is 0 Å². The Kier molecular flexibility index (Phi) is 4.83. The van der Waals surface area contributed by atoms with Gasteiger partial charge >= 0.3 is 0 Å². The van der Waals surface area contributed by atoms with E-state index in [1.165, 1.54) is 18.2 Å². The molecule has 0 atom stereocenters. The lowest BCUT2D eigenvalue weighted by Gasteiger charge is -2.08. The van der Waals surface area contributed by atoms with Crippen LogP contribution in [0.5, 0.6) is 0 Å². The fourth-order valence-corrected chi connectivity index (χ4v) is 2.98. The van der Waals surface area contributed by atoms with Crippen LogP contribution in [-0.2, 0) is 0 Å². The molecule has 0 unspecified atom stereocenters. The van der Waals surface area contributed by atoms with Gasteiger partial charge in [0, 0.05) is 22.3 Å². The summed E-state index contributed by atoms with van der Waals surface area (Å²) in [5.41, 5.74) is 2.82. The first-order valence-electron chi connectivity index (χ1n) is 8.96. The van der Waals surface area contributed by atoms with E-state index in [2.05, 4.69) is 10.6 Å². The zero-order valence-corrected chi connectivity index (χ0v) is 15.5. The van der Waals surface area contributed by atoms with Crippen molar-refractivity contribution in [2.45, 2.75) is 6.92 Å². The van der Waals surface area contributed by atoms with Gasteiger partial charge in [0.2, 0.25) is 0 Å². The smallest absolute Gasteiger partial charge is 0.291 e. The number of benzene rings is 3. The number of furan rings is 1. The Morgan fingerprint density at radius 2 is 1.55 bits per heavy atom. The maximum atomic E-state index is 13.3. The number of hydrogen-bond donors (Lipinski definition) is 2. The molecule has 2 amide bonds. The highest BCUT2D eigenvalue weighted by molar-refractivity contribution is 6.07. The van der Waals surface area contributed by atoms with Gasteiger partial charge in [0.25, 0.3) is 11.8 Å². The second kappa shape index (κ2) is 7.59. The number of carbonyl (C=O) groups is 2. The van der Waals surface area contributed by atoms with Crippen molar-refractivity contribution in [3.05, 3.63) is 95.5 Å². The van der Waals surface area contributed by atoms with Crippen molar-refractivity contribution < 1.29 is 18.4 Å². The average molecular weight is 388 g/mol. The van der Waals surface area contributed by atoms with Crippen LogP contribution in [0.3, 0.4) is 0 Å². The molecule has 3 aromatic carbocycles. The van der Waals surface area contributed by atoms with Crippen LogP contribution in [0.15, 0.2) is 77.2 Å².